The van der Waals surface area contributed by atoms with Gasteiger partial charge >= 0.3 is 0 Å². The number of piperazine rings is 1. The van der Waals surface area contributed by atoms with Crippen molar-refractivity contribution < 1.29 is 9.59 Å². The maximum Gasteiger partial charge on any atom is 0.254 e. The van der Waals surface area contributed by atoms with Crippen LogP contribution in [0.3, 0.4) is 0 Å². The summed E-state index contributed by atoms with van der Waals surface area (Å²) < 4.78 is 0. The highest BCUT2D eigenvalue weighted by molar-refractivity contribution is 6.21. The van der Waals surface area contributed by atoms with Gasteiger partial charge in [0.1, 0.15) is 0 Å². The second kappa shape index (κ2) is 8.21. The molecule has 35 heavy (non-hydrogen) atoms. The molecule has 0 atom stereocenters. The minimum absolute atomic E-state index is 0.0223. The van der Waals surface area contributed by atoms with Crippen LogP contribution in [-0.2, 0) is 0 Å². The predicted molar refractivity (Wildman–Crippen MR) is 138 cm³/mol. The Morgan fingerprint density at radius 1 is 0.914 bits per heavy atom. The largest absolute Gasteiger partial charge is 0.366 e. The number of benzene rings is 3. The number of primary amides is 1. The Morgan fingerprint density at radius 3 is 2.54 bits per heavy atom. The Morgan fingerprint density at radius 2 is 1.74 bits per heavy atom. The standard InChI is InChI=1S/C28H25N5O2/c1-32-12-14-33(15-13-32)28(35)17-7-8-21-24(16-17)31-26-22(27(29)34)10-9-20(25(21)26)18-4-2-6-23-19(18)5-3-11-30-23/h2-11,16,31H,12-15H2,1H3,(H2,29,34). The minimum Gasteiger partial charge on any atom is -0.366 e. The number of nitrogens with one attached hydrogen (secondary N) is 1. The van der Waals surface area contributed by atoms with Gasteiger partial charge in [0.05, 0.1) is 16.6 Å². The number of aromatic amines is 1. The van der Waals surface area contributed by atoms with Crippen molar-refractivity contribution in [2.24, 2.45) is 5.73 Å². The van der Waals surface area contributed by atoms with Gasteiger partial charge in [-0.15, -0.1) is 0 Å². The lowest BCUT2D eigenvalue weighted by atomic mass is 9.94. The molecule has 3 N–H and O–H groups in total. The molecule has 2 amide bonds. The van der Waals surface area contributed by atoms with E-state index in [0.29, 0.717) is 29.7 Å². The van der Waals surface area contributed by atoms with Crippen LogP contribution < -0.4 is 5.73 Å². The van der Waals surface area contributed by atoms with E-state index in [1.165, 1.54) is 0 Å². The van der Waals surface area contributed by atoms with Crippen molar-refractivity contribution in [3.8, 4) is 11.1 Å². The van der Waals surface area contributed by atoms with Crippen LogP contribution in [0.2, 0.25) is 0 Å². The normalized spacial score (nSPS) is 14.7. The van der Waals surface area contributed by atoms with Gasteiger partial charge in [-0.3, -0.25) is 14.6 Å². The smallest absolute Gasteiger partial charge is 0.254 e. The highest BCUT2D eigenvalue weighted by atomic mass is 16.2. The van der Waals surface area contributed by atoms with Crippen LogP contribution in [0.5, 0.6) is 0 Å². The van der Waals surface area contributed by atoms with Crippen LogP contribution in [-0.4, -0.2) is 64.8 Å². The van der Waals surface area contributed by atoms with E-state index in [9.17, 15) is 9.59 Å². The summed E-state index contributed by atoms with van der Waals surface area (Å²) in [6.07, 6.45) is 1.78. The molecule has 1 fully saturated rings. The Kier molecular flexibility index (Phi) is 5.00. The van der Waals surface area contributed by atoms with Crippen LogP contribution in [0.15, 0.2) is 66.9 Å². The number of carbonyl (C=O) groups is 2. The topological polar surface area (TPSA) is 95.3 Å². The summed E-state index contributed by atoms with van der Waals surface area (Å²) in [5.74, 6) is -0.476. The monoisotopic (exact) mass is 463 g/mol. The Labute approximate surface area is 202 Å². The zero-order valence-electron chi connectivity index (χ0n) is 19.4. The molecule has 0 bridgehead atoms. The van der Waals surface area contributed by atoms with E-state index in [4.69, 9.17) is 5.73 Å². The van der Waals surface area contributed by atoms with Gasteiger partial charge in [0.2, 0.25) is 0 Å². The molecule has 174 valence electrons. The highest BCUT2D eigenvalue weighted by Gasteiger charge is 2.22. The number of rotatable bonds is 3. The van der Waals surface area contributed by atoms with E-state index in [1.807, 2.05) is 53.4 Å². The highest BCUT2D eigenvalue weighted by Crippen LogP contribution is 2.39. The number of fused-ring (bicyclic) bond motifs is 4. The van der Waals surface area contributed by atoms with Crippen LogP contribution in [0, 0.1) is 0 Å². The first kappa shape index (κ1) is 21.3. The molecule has 3 heterocycles. The van der Waals surface area contributed by atoms with Crippen LogP contribution >= 0.6 is 0 Å². The number of carbonyl (C=O) groups excluding carboxylic acids is 2. The SMILES string of the molecule is CN1CCN(C(=O)c2ccc3c(c2)[nH]c2c(C(N)=O)ccc(-c4cccc5ncccc45)c23)CC1. The molecule has 0 aliphatic carbocycles. The molecule has 0 radical (unpaired) electrons. The summed E-state index contributed by atoms with van der Waals surface area (Å²) in [7, 11) is 2.07. The lowest BCUT2D eigenvalue weighted by molar-refractivity contribution is 0.0664. The van der Waals surface area contributed by atoms with Crippen molar-refractivity contribution in [2.45, 2.75) is 0 Å². The number of H-pyrrole nitrogens is 1. The number of aromatic nitrogens is 2. The van der Waals surface area contributed by atoms with Crippen molar-refractivity contribution in [3.05, 3.63) is 78.0 Å². The summed E-state index contributed by atoms with van der Waals surface area (Å²) in [4.78, 5) is 37.5. The summed E-state index contributed by atoms with van der Waals surface area (Å²) in [6, 6.07) is 19.4. The van der Waals surface area contributed by atoms with Gasteiger partial charge in [-0.25, -0.2) is 0 Å². The first-order valence-electron chi connectivity index (χ1n) is 11.7. The van der Waals surface area contributed by atoms with E-state index in [0.717, 1.165) is 51.4 Å². The molecule has 7 heteroatoms. The number of amides is 2. The fourth-order valence-electron chi connectivity index (χ4n) is 5.11. The third-order valence-corrected chi connectivity index (χ3v) is 6.99. The lowest BCUT2D eigenvalue weighted by Crippen LogP contribution is -2.47. The average molecular weight is 464 g/mol. The summed E-state index contributed by atoms with van der Waals surface area (Å²) in [5.41, 5.74) is 11.2. The summed E-state index contributed by atoms with van der Waals surface area (Å²) in [5, 5.41) is 2.87. The van der Waals surface area contributed by atoms with E-state index in [-0.39, 0.29) is 5.91 Å². The van der Waals surface area contributed by atoms with Crippen molar-refractivity contribution in [1.82, 2.24) is 19.8 Å². The molecule has 3 aromatic carbocycles. The van der Waals surface area contributed by atoms with Gasteiger partial charge in [-0.1, -0.05) is 30.3 Å². The minimum atomic E-state index is -0.499. The molecule has 7 nitrogen and oxygen atoms in total. The second-order valence-corrected chi connectivity index (χ2v) is 9.13. The van der Waals surface area contributed by atoms with Crippen molar-refractivity contribution in [1.29, 1.82) is 0 Å². The molecule has 2 aromatic heterocycles. The van der Waals surface area contributed by atoms with Gasteiger partial charge in [0.15, 0.2) is 0 Å². The van der Waals surface area contributed by atoms with Crippen molar-refractivity contribution in [2.75, 3.05) is 33.2 Å². The molecule has 0 unspecified atom stereocenters. The fourth-order valence-corrected chi connectivity index (χ4v) is 5.11. The van der Waals surface area contributed by atoms with Gasteiger partial charge in [-0.05, 0) is 48.5 Å². The maximum absolute atomic E-state index is 13.2. The van der Waals surface area contributed by atoms with Crippen molar-refractivity contribution >= 4 is 44.5 Å². The number of hydrogen-bond acceptors (Lipinski definition) is 4. The predicted octanol–water partition coefficient (Wildman–Crippen LogP) is 4.02. The second-order valence-electron chi connectivity index (χ2n) is 9.13. The zero-order valence-corrected chi connectivity index (χ0v) is 19.4. The molecular formula is C28H25N5O2. The maximum atomic E-state index is 13.2. The number of nitrogens with zero attached hydrogens (tertiary/aromatic N) is 3. The number of likely N-dealkylation sites (N-methyl/N-ethyl adjacent to an activating group) is 1. The van der Waals surface area contributed by atoms with Crippen LogP contribution in [0.25, 0.3) is 43.8 Å². The summed E-state index contributed by atoms with van der Waals surface area (Å²) in [6.45, 7) is 3.16. The van der Waals surface area contributed by atoms with Gasteiger partial charge in [-0.2, -0.15) is 0 Å². The average Bonchev–Trinajstić information content (AvgIpc) is 3.26. The Balaban J connectivity index is 1.55. The van der Waals surface area contributed by atoms with E-state index in [2.05, 4.69) is 28.0 Å². The number of hydrogen-bond donors (Lipinski definition) is 2. The quantitative estimate of drug-likeness (QED) is 0.422. The molecule has 6 rings (SSSR count). The van der Waals surface area contributed by atoms with E-state index >= 15 is 0 Å². The lowest BCUT2D eigenvalue weighted by Gasteiger charge is -2.32. The number of pyridine rings is 1. The molecule has 1 saturated heterocycles. The molecule has 5 aromatic rings. The van der Waals surface area contributed by atoms with Crippen molar-refractivity contribution in [3.63, 3.8) is 0 Å². The van der Waals surface area contributed by atoms with E-state index in [1.54, 1.807) is 12.3 Å². The van der Waals surface area contributed by atoms with Crippen LogP contribution in [0.1, 0.15) is 20.7 Å². The molecule has 1 aliphatic heterocycles. The van der Waals surface area contributed by atoms with Gasteiger partial charge in [0.25, 0.3) is 11.8 Å². The molecular weight excluding hydrogens is 438 g/mol. The first-order valence-corrected chi connectivity index (χ1v) is 11.7. The van der Waals surface area contributed by atoms with Gasteiger partial charge < -0.3 is 20.5 Å². The van der Waals surface area contributed by atoms with Gasteiger partial charge in [0, 0.05) is 59.6 Å². The van der Waals surface area contributed by atoms with Crippen LogP contribution in [0.4, 0.5) is 0 Å². The Hall–Kier alpha value is -4.23. The third kappa shape index (κ3) is 3.52. The molecule has 0 spiro atoms. The van der Waals surface area contributed by atoms with E-state index < -0.39 is 5.91 Å². The summed E-state index contributed by atoms with van der Waals surface area (Å²) >= 11 is 0. The fraction of sp³-hybridized carbons (Fsp3) is 0.179. The Bertz CT molecular complexity index is 1620. The number of nitrogens with two attached hydrogens (primary N) is 1. The first-order chi connectivity index (χ1) is 17.0. The molecule has 0 saturated carbocycles. The zero-order chi connectivity index (χ0) is 24.1. The molecule has 1 aliphatic rings. The third-order valence-electron chi connectivity index (χ3n) is 6.99.